The zero-order valence-electron chi connectivity index (χ0n) is 9.81. The first-order valence-electron chi connectivity index (χ1n) is 5.36. The SMILES string of the molecule is Cc1ccc(F)c(C(=O)c2ccc(Cl)cc2F)c1F. The normalized spacial score (nSPS) is 10.6. The van der Waals surface area contributed by atoms with Gasteiger partial charge in [-0.1, -0.05) is 17.7 Å². The number of rotatable bonds is 2. The summed E-state index contributed by atoms with van der Waals surface area (Å²) >= 11 is 5.56. The van der Waals surface area contributed by atoms with Crippen LogP contribution in [0.5, 0.6) is 0 Å². The molecule has 0 unspecified atom stereocenters. The van der Waals surface area contributed by atoms with E-state index in [1.807, 2.05) is 0 Å². The van der Waals surface area contributed by atoms with Crippen molar-refractivity contribution >= 4 is 17.4 Å². The van der Waals surface area contributed by atoms with Gasteiger partial charge in [-0.3, -0.25) is 4.79 Å². The van der Waals surface area contributed by atoms with Crippen molar-refractivity contribution in [2.45, 2.75) is 6.92 Å². The molecule has 98 valence electrons. The van der Waals surface area contributed by atoms with E-state index in [1.54, 1.807) is 0 Å². The van der Waals surface area contributed by atoms with Gasteiger partial charge in [0.2, 0.25) is 5.78 Å². The van der Waals surface area contributed by atoms with Gasteiger partial charge >= 0.3 is 0 Å². The standard InChI is InChI=1S/C14H8ClF3O/c1-7-2-5-10(16)12(13(7)18)14(19)9-4-3-8(15)6-11(9)17/h2-6H,1H3. The maximum Gasteiger partial charge on any atom is 0.201 e. The van der Waals surface area contributed by atoms with Crippen LogP contribution in [-0.4, -0.2) is 5.78 Å². The Hall–Kier alpha value is -1.81. The third kappa shape index (κ3) is 2.49. The van der Waals surface area contributed by atoms with Gasteiger partial charge in [-0.05, 0) is 36.8 Å². The van der Waals surface area contributed by atoms with Crippen molar-refractivity contribution in [3.63, 3.8) is 0 Å². The van der Waals surface area contributed by atoms with Crippen molar-refractivity contribution in [1.82, 2.24) is 0 Å². The molecule has 0 atom stereocenters. The molecule has 0 aromatic heterocycles. The summed E-state index contributed by atoms with van der Waals surface area (Å²) in [6.07, 6.45) is 0. The quantitative estimate of drug-likeness (QED) is 0.752. The van der Waals surface area contributed by atoms with Crippen LogP contribution in [0.1, 0.15) is 21.5 Å². The third-order valence-corrected chi connectivity index (χ3v) is 2.92. The molecule has 0 spiro atoms. The summed E-state index contributed by atoms with van der Waals surface area (Å²) in [5.41, 5.74) is -1.08. The molecule has 0 radical (unpaired) electrons. The zero-order valence-corrected chi connectivity index (χ0v) is 10.6. The molecule has 0 fully saturated rings. The van der Waals surface area contributed by atoms with Crippen molar-refractivity contribution < 1.29 is 18.0 Å². The number of carbonyl (C=O) groups is 1. The van der Waals surface area contributed by atoms with Crippen LogP contribution in [0.2, 0.25) is 5.02 Å². The van der Waals surface area contributed by atoms with E-state index >= 15 is 0 Å². The molecule has 0 N–H and O–H groups in total. The van der Waals surface area contributed by atoms with Crippen molar-refractivity contribution in [2.24, 2.45) is 0 Å². The average molecular weight is 285 g/mol. The van der Waals surface area contributed by atoms with Crippen molar-refractivity contribution in [2.75, 3.05) is 0 Å². The van der Waals surface area contributed by atoms with Gasteiger partial charge in [0, 0.05) is 5.02 Å². The smallest absolute Gasteiger partial charge is 0.201 e. The third-order valence-electron chi connectivity index (χ3n) is 2.69. The van der Waals surface area contributed by atoms with Crippen LogP contribution < -0.4 is 0 Å². The molecule has 19 heavy (non-hydrogen) atoms. The van der Waals surface area contributed by atoms with E-state index in [4.69, 9.17) is 11.6 Å². The molecule has 1 nitrogen and oxygen atoms in total. The second kappa shape index (κ2) is 5.05. The lowest BCUT2D eigenvalue weighted by Crippen LogP contribution is -2.10. The van der Waals surface area contributed by atoms with E-state index in [-0.39, 0.29) is 10.6 Å². The Morgan fingerprint density at radius 2 is 1.74 bits per heavy atom. The predicted octanol–water partition coefficient (Wildman–Crippen LogP) is 4.30. The molecule has 0 aliphatic carbocycles. The maximum atomic E-state index is 13.8. The Morgan fingerprint density at radius 1 is 1.05 bits per heavy atom. The minimum atomic E-state index is -1.05. The molecular formula is C14H8ClF3O. The number of hydrogen-bond acceptors (Lipinski definition) is 1. The van der Waals surface area contributed by atoms with Crippen LogP contribution in [0.3, 0.4) is 0 Å². The van der Waals surface area contributed by atoms with Crippen molar-refractivity contribution in [3.8, 4) is 0 Å². The summed E-state index contributed by atoms with van der Waals surface area (Å²) in [6.45, 7) is 1.39. The lowest BCUT2D eigenvalue weighted by Gasteiger charge is -2.07. The van der Waals surface area contributed by atoms with Gasteiger partial charge in [0.1, 0.15) is 17.5 Å². The van der Waals surface area contributed by atoms with E-state index in [0.717, 1.165) is 18.2 Å². The Labute approximate surface area is 112 Å². The van der Waals surface area contributed by atoms with Gasteiger partial charge in [-0.25, -0.2) is 13.2 Å². The average Bonchev–Trinajstić information content (AvgIpc) is 2.34. The summed E-state index contributed by atoms with van der Waals surface area (Å²) in [7, 11) is 0. The van der Waals surface area contributed by atoms with Gasteiger partial charge in [0.05, 0.1) is 11.1 Å². The topological polar surface area (TPSA) is 17.1 Å². The highest BCUT2D eigenvalue weighted by Gasteiger charge is 2.22. The van der Waals surface area contributed by atoms with E-state index < -0.39 is 34.4 Å². The van der Waals surface area contributed by atoms with Gasteiger partial charge in [-0.15, -0.1) is 0 Å². The summed E-state index contributed by atoms with van der Waals surface area (Å²) in [4.78, 5) is 12.0. The second-order valence-corrected chi connectivity index (χ2v) is 4.44. The molecule has 2 aromatic carbocycles. The molecule has 0 amide bonds. The van der Waals surface area contributed by atoms with E-state index in [2.05, 4.69) is 0 Å². The highest BCUT2D eigenvalue weighted by Crippen LogP contribution is 2.23. The molecule has 0 heterocycles. The summed E-state index contributed by atoms with van der Waals surface area (Å²) in [5, 5.41) is 0.0965. The van der Waals surface area contributed by atoms with Gasteiger partial charge in [-0.2, -0.15) is 0 Å². The molecule has 0 aliphatic heterocycles. The molecule has 5 heteroatoms. The van der Waals surface area contributed by atoms with Gasteiger partial charge in [0.25, 0.3) is 0 Å². The highest BCUT2D eigenvalue weighted by atomic mass is 35.5. The number of hydrogen-bond donors (Lipinski definition) is 0. The lowest BCUT2D eigenvalue weighted by atomic mass is 10.00. The molecule has 2 aromatic rings. The van der Waals surface area contributed by atoms with Crippen LogP contribution in [0, 0.1) is 24.4 Å². The first-order valence-corrected chi connectivity index (χ1v) is 5.74. The Balaban J connectivity index is 2.59. The fourth-order valence-electron chi connectivity index (χ4n) is 1.67. The number of aryl methyl sites for hydroxylation is 1. The molecular weight excluding hydrogens is 277 g/mol. The number of benzene rings is 2. The number of halogens is 4. The first kappa shape index (κ1) is 13.6. The Bertz CT molecular complexity index is 668. The summed E-state index contributed by atoms with van der Waals surface area (Å²) < 4.78 is 41.0. The van der Waals surface area contributed by atoms with Crippen molar-refractivity contribution in [3.05, 3.63) is 69.5 Å². The Morgan fingerprint density at radius 3 is 2.37 bits per heavy atom. The molecule has 0 aliphatic rings. The lowest BCUT2D eigenvalue weighted by molar-refractivity contribution is 0.102. The van der Waals surface area contributed by atoms with Crippen LogP contribution in [0.25, 0.3) is 0 Å². The summed E-state index contributed by atoms with van der Waals surface area (Å²) in [6, 6.07) is 5.48. The highest BCUT2D eigenvalue weighted by molar-refractivity contribution is 6.30. The Kier molecular flexibility index (Phi) is 3.62. The van der Waals surface area contributed by atoms with Crippen LogP contribution in [-0.2, 0) is 0 Å². The van der Waals surface area contributed by atoms with Crippen LogP contribution in [0.4, 0.5) is 13.2 Å². The molecule has 2 rings (SSSR count). The van der Waals surface area contributed by atoms with E-state index in [0.29, 0.717) is 0 Å². The second-order valence-electron chi connectivity index (χ2n) is 4.01. The predicted molar refractivity (Wildman–Crippen MR) is 65.9 cm³/mol. The molecule has 0 saturated carbocycles. The summed E-state index contributed by atoms with van der Waals surface area (Å²) in [5.74, 6) is -3.98. The van der Waals surface area contributed by atoms with Crippen LogP contribution in [0.15, 0.2) is 30.3 Å². The fraction of sp³-hybridized carbons (Fsp3) is 0.0714. The largest absolute Gasteiger partial charge is 0.288 e. The minimum absolute atomic E-state index is 0.0965. The van der Waals surface area contributed by atoms with E-state index in [9.17, 15) is 18.0 Å². The maximum absolute atomic E-state index is 13.8. The zero-order chi connectivity index (χ0) is 14.2. The van der Waals surface area contributed by atoms with E-state index in [1.165, 1.54) is 19.1 Å². The van der Waals surface area contributed by atoms with Crippen LogP contribution >= 0.6 is 11.6 Å². The molecule has 0 saturated heterocycles. The van der Waals surface area contributed by atoms with Gasteiger partial charge in [0.15, 0.2) is 0 Å². The monoisotopic (exact) mass is 284 g/mol. The molecule has 0 bridgehead atoms. The van der Waals surface area contributed by atoms with Gasteiger partial charge < -0.3 is 0 Å². The number of carbonyl (C=O) groups excluding carboxylic acids is 1. The first-order chi connectivity index (χ1) is 8.91. The number of ketones is 1. The fourth-order valence-corrected chi connectivity index (χ4v) is 1.83. The van der Waals surface area contributed by atoms with Crippen molar-refractivity contribution in [1.29, 1.82) is 0 Å². The minimum Gasteiger partial charge on any atom is -0.288 e.